The zero-order valence-electron chi connectivity index (χ0n) is 12.9. The topological polar surface area (TPSA) is 46.8 Å². The zero-order valence-corrected chi connectivity index (χ0v) is 12.9. The van der Waals surface area contributed by atoms with Crippen molar-refractivity contribution in [2.45, 2.75) is 19.6 Å². The molecule has 1 aromatic carbocycles. The van der Waals surface area contributed by atoms with Crippen LogP contribution in [0.5, 0.6) is 0 Å². The third-order valence-corrected chi connectivity index (χ3v) is 3.55. The van der Waals surface area contributed by atoms with E-state index in [4.69, 9.17) is 0 Å². The maximum absolute atomic E-state index is 13.0. The highest BCUT2D eigenvalue weighted by Crippen LogP contribution is 2.09. The van der Waals surface area contributed by atoms with Crippen LogP contribution in [0.25, 0.3) is 0 Å². The van der Waals surface area contributed by atoms with Crippen molar-refractivity contribution in [1.82, 2.24) is 24.6 Å². The number of nitrogens with zero attached hydrogens (tertiary/aromatic N) is 5. The maximum Gasteiger partial charge on any atom is 0.141 e. The average Bonchev–Trinajstić information content (AvgIpc) is 2.97. The highest BCUT2D eigenvalue weighted by Gasteiger charge is 2.09. The molecule has 2 aromatic heterocycles. The molecule has 0 fully saturated rings. The molecule has 0 amide bonds. The molecule has 0 saturated carbocycles. The van der Waals surface area contributed by atoms with E-state index >= 15 is 0 Å². The van der Waals surface area contributed by atoms with Gasteiger partial charge in [-0.25, -0.2) is 14.1 Å². The summed E-state index contributed by atoms with van der Waals surface area (Å²) in [6.45, 7) is 2.08. The second kappa shape index (κ2) is 7.11. The van der Waals surface area contributed by atoms with Crippen molar-refractivity contribution in [2.24, 2.45) is 0 Å². The van der Waals surface area contributed by atoms with E-state index in [1.54, 1.807) is 30.9 Å². The van der Waals surface area contributed by atoms with E-state index in [1.807, 2.05) is 23.9 Å². The molecule has 0 saturated heterocycles. The molecule has 0 aliphatic heterocycles. The Labute approximate surface area is 134 Å². The Balaban J connectivity index is 1.65. The van der Waals surface area contributed by atoms with Gasteiger partial charge in [-0.15, -0.1) is 0 Å². The lowest BCUT2D eigenvalue weighted by Crippen LogP contribution is -2.20. The Morgan fingerprint density at radius 1 is 1.00 bits per heavy atom. The molecular weight excluding hydrogens is 293 g/mol. The Hall–Kier alpha value is -2.60. The van der Waals surface area contributed by atoms with Crippen molar-refractivity contribution in [1.29, 1.82) is 0 Å². The summed E-state index contributed by atoms with van der Waals surface area (Å²) < 4.78 is 14.8. The summed E-state index contributed by atoms with van der Waals surface area (Å²) in [5.74, 6) is 0.649. The second-order valence-electron chi connectivity index (χ2n) is 5.49. The minimum atomic E-state index is -0.232. The van der Waals surface area contributed by atoms with E-state index in [0.717, 1.165) is 17.9 Å². The van der Waals surface area contributed by atoms with Gasteiger partial charge in [0.15, 0.2) is 0 Å². The molecule has 0 bridgehead atoms. The van der Waals surface area contributed by atoms with Crippen molar-refractivity contribution in [3.8, 4) is 0 Å². The van der Waals surface area contributed by atoms with E-state index < -0.39 is 0 Å². The molecule has 5 nitrogen and oxygen atoms in total. The van der Waals surface area contributed by atoms with Gasteiger partial charge in [0.25, 0.3) is 0 Å². The quantitative estimate of drug-likeness (QED) is 0.702. The Kier molecular flexibility index (Phi) is 4.73. The molecule has 0 N–H and O–H groups in total. The van der Waals surface area contributed by atoms with E-state index in [0.29, 0.717) is 13.1 Å². The molecule has 23 heavy (non-hydrogen) atoms. The van der Waals surface area contributed by atoms with Crippen molar-refractivity contribution < 1.29 is 4.39 Å². The fraction of sp³-hybridized carbons (Fsp3) is 0.235. The van der Waals surface area contributed by atoms with Gasteiger partial charge in [-0.1, -0.05) is 12.1 Å². The second-order valence-corrected chi connectivity index (χ2v) is 5.49. The van der Waals surface area contributed by atoms with Crippen LogP contribution in [-0.4, -0.2) is 31.7 Å². The lowest BCUT2D eigenvalue weighted by Gasteiger charge is -2.16. The lowest BCUT2D eigenvalue weighted by molar-refractivity contribution is 0.303. The van der Waals surface area contributed by atoms with Crippen LogP contribution in [0, 0.1) is 5.82 Å². The largest absolute Gasteiger partial charge is 0.295 e. The third-order valence-electron chi connectivity index (χ3n) is 3.55. The first kappa shape index (κ1) is 15.3. The minimum absolute atomic E-state index is 0.232. The normalized spacial score (nSPS) is 11.1. The highest BCUT2D eigenvalue weighted by atomic mass is 19.1. The number of pyridine rings is 1. The van der Waals surface area contributed by atoms with Crippen LogP contribution < -0.4 is 0 Å². The predicted molar refractivity (Wildman–Crippen MR) is 84.9 cm³/mol. The SMILES string of the molecule is CN(Cc1ccncc1)Cc1ncnn1Cc1ccc(F)cc1. The van der Waals surface area contributed by atoms with Gasteiger partial charge < -0.3 is 0 Å². The molecule has 3 aromatic rings. The number of hydrogen-bond donors (Lipinski definition) is 0. The van der Waals surface area contributed by atoms with Crippen LogP contribution in [0.3, 0.4) is 0 Å². The van der Waals surface area contributed by atoms with Gasteiger partial charge in [0.05, 0.1) is 13.1 Å². The van der Waals surface area contributed by atoms with E-state index in [-0.39, 0.29) is 5.82 Å². The van der Waals surface area contributed by atoms with Crippen LogP contribution in [0.2, 0.25) is 0 Å². The predicted octanol–water partition coefficient (Wildman–Crippen LogP) is 2.49. The fourth-order valence-electron chi connectivity index (χ4n) is 2.40. The molecule has 3 rings (SSSR count). The lowest BCUT2D eigenvalue weighted by atomic mass is 10.2. The average molecular weight is 311 g/mol. The summed E-state index contributed by atoms with van der Waals surface area (Å²) in [5, 5.41) is 4.27. The van der Waals surface area contributed by atoms with E-state index in [1.165, 1.54) is 17.7 Å². The molecule has 0 radical (unpaired) electrons. The van der Waals surface area contributed by atoms with Crippen molar-refractivity contribution in [2.75, 3.05) is 7.05 Å². The molecule has 118 valence electrons. The van der Waals surface area contributed by atoms with Crippen molar-refractivity contribution in [3.05, 3.63) is 77.9 Å². The van der Waals surface area contributed by atoms with Gasteiger partial charge in [-0.05, 0) is 42.4 Å². The van der Waals surface area contributed by atoms with E-state index in [9.17, 15) is 4.39 Å². The smallest absolute Gasteiger partial charge is 0.141 e. The summed E-state index contributed by atoms with van der Waals surface area (Å²) in [6.07, 6.45) is 5.14. The third kappa shape index (κ3) is 4.20. The number of hydrogen-bond acceptors (Lipinski definition) is 4. The first-order valence-electron chi connectivity index (χ1n) is 7.39. The Bertz CT molecular complexity index is 739. The Morgan fingerprint density at radius 3 is 2.48 bits per heavy atom. The molecule has 0 spiro atoms. The van der Waals surface area contributed by atoms with Gasteiger partial charge in [-0.3, -0.25) is 9.88 Å². The van der Waals surface area contributed by atoms with Gasteiger partial charge in [-0.2, -0.15) is 5.10 Å². The van der Waals surface area contributed by atoms with Crippen LogP contribution in [0.15, 0.2) is 55.1 Å². The zero-order chi connectivity index (χ0) is 16.1. The minimum Gasteiger partial charge on any atom is -0.295 e. The summed E-state index contributed by atoms with van der Waals surface area (Å²) >= 11 is 0. The molecule has 0 unspecified atom stereocenters. The summed E-state index contributed by atoms with van der Waals surface area (Å²) in [4.78, 5) is 10.5. The van der Waals surface area contributed by atoms with Crippen LogP contribution in [-0.2, 0) is 19.6 Å². The first-order chi connectivity index (χ1) is 11.2. The molecule has 0 aliphatic carbocycles. The van der Waals surface area contributed by atoms with Gasteiger partial charge in [0.2, 0.25) is 0 Å². The molecule has 0 aliphatic rings. The molecule has 2 heterocycles. The number of aromatic nitrogens is 4. The van der Waals surface area contributed by atoms with Crippen molar-refractivity contribution >= 4 is 0 Å². The van der Waals surface area contributed by atoms with Gasteiger partial charge >= 0.3 is 0 Å². The number of rotatable bonds is 6. The van der Waals surface area contributed by atoms with Crippen LogP contribution in [0.1, 0.15) is 17.0 Å². The van der Waals surface area contributed by atoms with Gasteiger partial charge in [0.1, 0.15) is 18.0 Å². The number of benzene rings is 1. The summed E-state index contributed by atoms with van der Waals surface area (Å²) in [6, 6.07) is 10.4. The summed E-state index contributed by atoms with van der Waals surface area (Å²) in [5.41, 5.74) is 2.20. The number of halogens is 1. The highest BCUT2D eigenvalue weighted by molar-refractivity contribution is 5.16. The van der Waals surface area contributed by atoms with Crippen LogP contribution >= 0.6 is 0 Å². The van der Waals surface area contributed by atoms with Gasteiger partial charge in [0, 0.05) is 18.9 Å². The van der Waals surface area contributed by atoms with Crippen LogP contribution in [0.4, 0.5) is 4.39 Å². The first-order valence-corrected chi connectivity index (χ1v) is 7.39. The fourth-order valence-corrected chi connectivity index (χ4v) is 2.40. The van der Waals surface area contributed by atoms with Crippen molar-refractivity contribution in [3.63, 3.8) is 0 Å². The molecule has 0 atom stereocenters. The molecule has 6 heteroatoms. The monoisotopic (exact) mass is 311 g/mol. The maximum atomic E-state index is 13.0. The summed E-state index contributed by atoms with van der Waals surface area (Å²) in [7, 11) is 2.04. The molecular formula is C17H18FN5. The van der Waals surface area contributed by atoms with E-state index in [2.05, 4.69) is 20.0 Å². The Morgan fingerprint density at radius 2 is 1.74 bits per heavy atom. The standard InChI is InChI=1S/C17H18FN5/c1-22(10-15-6-8-19-9-7-15)12-17-20-13-21-23(17)11-14-2-4-16(18)5-3-14/h2-9,13H,10-12H2,1H3.